The molecule has 0 bridgehead atoms. The maximum absolute atomic E-state index is 2.75. The Balaban J connectivity index is 1.16. The fourth-order valence-corrected chi connectivity index (χ4v) is 16.7. The molecule has 0 saturated carbocycles. The third-order valence-corrected chi connectivity index (χ3v) is 20.4. The number of benzene rings is 9. The van der Waals surface area contributed by atoms with Crippen LogP contribution < -0.4 is 36.0 Å². The summed E-state index contributed by atoms with van der Waals surface area (Å²) in [6.45, 7) is 34.4. The number of hydrogen-bond acceptors (Lipinski definition) is 4. The Labute approximate surface area is 495 Å². The number of anilines is 12. The zero-order valence-electron chi connectivity index (χ0n) is 51.6. The van der Waals surface area contributed by atoms with E-state index in [4.69, 9.17) is 0 Å². The van der Waals surface area contributed by atoms with Gasteiger partial charge in [-0.15, -0.1) is 0 Å². The molecule has 5 heteroatoms. The Bertz CT molecular complexity index is 4000. The van der Waals surface area contributed by atoms with Crippen molar-refractivity contribution in [1.29, 1.82) is 0 Å². The molecular formula is C78H81BN4. The SMILES string of the molecule is Cc1cc2c(cc1N1c3cc(N(c4ccccc4)c4ccccc4)ccc3B3c4cc5c(cc4N(c4cc6c(cc4C)C(C)(C)CC6(C)C)c4cc(N(c6ccccc6)c6ccccc6)cc1c43)C(C)(C)CCC5(C)C)C(C)(C)CC2(C)C. The Morgan fingerprint density at radius 3 is 1.04 bits per heavy atom. The molecule has 0 aromatic heterocycles. The summed E-state index contributed by atoms with van der Waals surface area (Å²) in [4.78, 5) is 10.4. The first-order valence-corrected chi connectivity index (χ1v) is 30.7. The van der Waals surface area contributed by atoms with Gasteiger partial charge in [0.15, 0.2) is 0 Å². The zero-order valence-corrected chi connectivity index (χ0v) is 51.6. The second-order valence-electron chi connectivity index (χ2n) is 29.2. The summed E-state index contributed by atoms with van der Waals surface area (Å²) in [5, 5.41) is 0. The standard InChI is InChI=1S/C78H81BN4/c1-50-39-58-62(77(11,12)48-75(58,7)8)45-66(50)82-68-41-56(80(52-27-19-15-20-28-52)53-29-21-16-22-30-53)35-36-64(68)79-65-44-60-61(74(5,6)38-37-73(60,3)4)47-69(65)83(67-46-63-59(40-51(67)2)76(9,10)49-78(63,13)14)71-43-57(42-70(82)72(71)79)81(54-31-23-17-24-32-54)55-33-25-18-26-34-55/h15-36,39-47H,37-38,48-49H2,1-14H3. The van der Waals surface area contributed by atoms with Crippen LogP contribution in [0.5, 0.6) is 0 Å². The average molecular weight is 1090 g/mol. The normalized spacial score (nSPS) is 18.3. The monoisotopic (exact) mass is 1080 g/mol. The minimum atomic E-state index is -0.0919. The molecule has 0 amide bonds. The van der Waals surface area contributed by atoms with Crippen LogP contribution >= 0.6 is 0 Å². The zero-order chi connectivity index (χ0) is 57.9. The van der Waals surface area contributed by atoms with Crippen molar-refractivity contribution in [3.05, 3.63) is 233 Å². The largest absolute Gasteiger partial charge is 0.311 e. The molecule has 0 N–H and O–H groups in total. The fourth-order valence-electron chi connectivity index (χ4n) is 16.7. The molecule has 2 aliphatic heterocycles. The van der Waals surface area contributed by atoms with Crippen LogP contribution in [0.15, 0.2) is 188 Å². The predicted octanol–water partition coefficient (Wildman–Crippen LogP) is 19.6. The molecule has 83 heavy (non-hydrogen) atoms. The molecule has 9 aromatic carbocycles. The van der Waals surface area contributed by atoms with E-state index < -0.39 is 0 Å². The van der Waals surface area contributed by atoms with E-state index in [2.05, 4.69) is 305 Å². The molecule has 0 atom stereocenters. The van der Waals surface area contributed by atoms with Crippen LogP contribution in [0.3, 0.4) is 0 Å². The Morgan fingerprint density at radius 1 is 0.301 bits per heavy atom. The van der Waals surface area contributed by atoms with Gasteiger partial charge in [-0.1, -0.05) is 180 Å². The average Bonchev–Trinajstić information content (AvgIpc) is 1.52. The molecule has 9 aromatic rings. The van der Waals surface area contributed by atoms with Gasteiger partial charge < -0.3 is 19.6 Å². The number of rotatable bonds is 8. The summed E-state index contributed by atoms with van der Waals surface area (Å²) in [6, 6.07) is 72.3. The summed E-state index contributed by atoms with van der Waals surface area (Å²) in [7, 11) is 0. The van der Waals surface area contributed by atoms with E-state index in [1.807, 2.05) is 0 Å². The summed E-state index contributed by atoms with van der Waals surface area (Å²) >= 11 is 0. The lowest BCUT2D eigenvalue weighted by atomic mass is 9.33. The van der Waals surface area contributed by atoms with Crippen molar-refractivity contribution in [3.8, 4) is 0 Å². The molecule has 2 heterocycles. The summed E-state index contributed by atoms with van der Waals surface area (Å²) in [6.07, 6.45) is 4.48. The molecule has 0 unspecified atom stereocenters. The molecule has 0 saturated heterocycles. The highest BCUT2D eigenvalue weighted by Crippen LogP contribution is 2.58. The predicted molar refractivity (Wildman–Crippen MR) is 356 cm³/mol. The molecule has 416 valence electrons. The van der Waals surface area contributed by atoms with Gasteiger partial charge >= 0.3 is 0 Å². The van der Waals surface area contributed by atoms with Crippen molar-refractivity contribution in [2.24, 2.45) is 0 Å². The highest BCUT2D eigenvalue weighted by atomic mass is 15.2. The Morgan fingerprint density at radius 2 is 0.627 bits per heavy atom. The van der Waals surface area contributed by atoms with Crippen LogP contribution in [-0.4, -0.2) is 6.71 Å². The molecule has 0 radical (unpaired) electrons. The third-order valence-electron chi connectivity index (χ3n) is 20.4. The van der Waals surface area contributed by atoms with Gasteiger partial charge in [0.1, 0.15) is 0 Å². The van der Waals surface area contributed by atoms with E-state index in [1.54, 1.807) is 0 Å². The molecular weight excluding hydrogens is 1000 g/mol. The first-order valence-electron chi connectivity index (χ1n) is 30.7. The first-order chi connectivity index (χ1) is 39.4. The topological polar surface area (TPSA) is 13.0 Å². The number of para-hydroxylation sites is 4. The minimum absolute atomic E-state index is 0.00271. The molecule has 3 aliphatic carbocycles. The van der Waals surface area contributed by atoms with Crippen molar-refractivity contribution >= 4 is 91.3 Å². The Kier molecular flexibility index (Phi) is 11.8. The lowest BCUT2D eigenvalue weighted by Crippen LogP contribution is -2.62. The minimum Gasteiger partial charge on any atom is -0.311 e. The quantitative estimate of drug-likeness (QED) is 0.141. The fraction of sp³-hybridized carbons (Fsp3) is 0.308. The van der Waals surface area contributed by atoms with E-state index in [0.29, 0.717) is 0 Å². The van der Waals surface area contributed by atoms with Gasteiger partial charge in [0, 0.05) is 62.6 Å². The highest BCUT2D eigenvalue weighted by Gasteiger charge is 2.50. The van der Waals surface area contributed by atoms with Crippen LogP contribution in [0.2, 0.25) is 0 Å². The van der Waals surface area contributed by atoms with Crippen LogP contribution in [0.1, 0.15) is 153 Å². The van der Waals surface area contributed by atoms with E-state index in [9.17, 15) is 0 Å². The van der Waals surface area contributed by atoms with Gasteiger partial charge in [-0.25, -0.2) is 0 Å². The van der Waals surface area contributed by atoms with Crippen LogP contribution in [0.4, 0.5) is 68.2 Å². The molecule has 5 aliphatic rings. The number of nitrogens with zero attached hydrogens (tertiary/aromatic N) is 4. The van der Waals surface area contributed by atoms with Crippen molar-refractivity contribution in [2.45, 2.75) is 155 Å². The van der Waals surface area contributed by atoms with Crippen LogP contribution in [-0.2, 0) is 32.5 Å². The third kappa shape index (κ3) is 8.29. The van der Waals surface area contributed by atoms with Crippen molar-refractivity contribution < 1.29 is 0 Å². The summed E-state index contributed by atoms with van der Waals surface area (Å²) < 4.78 is 0. The maximum atomic E-state index is 2.75. The smallest absolute Gasteiger partial charge is 0.252 e. The summed E-state index contributed by atoms with van der Waals surface area (Å²) in [5.74, 6) is 0. The van der Waals surface area contributed by atoms with E-state index in [0.717, 1.165) is 59.8 Å². The lowest BCUT2D eigenvalue weighted by molar-refractivity contribution is 0.332. The maximum Gasteiger partial charge on any atom is 0.252 e. The number of aryl methyl sites for hydroxylation is 2. The summed E-state index contributed by atoms with van der Waals surface area (Å²) in [5.41, 5.74) is 29.6. The lowest BCUT2D eigenvalue weighted by Gasteiger charge is -2.48. The van der Waals surface area contributed by atoms with Gasteiger partial charge in [-0.2, -0.15) is 0 Å². The van der Waals surface area contributed by atoms with E-state index >= 15 is 0 Å². The molecule has 0 fully saturated rings. The van der Waals surface area contributed by atoms with Gasteiger partial charge in [-0.05, 0) is 224 Å². The molecule has 4 nitrogen and oxygen atoms in total. The van der Waals surface area contributed by atoms with Crippen molar-refractivity contribution in [3.63, 3.8) is 0 Å². The van der Waals surface area contributed by atoms with Gasteiger partial charge in [0.05, 0.1) is 5.69 Å². The van der Waals surface area contributed by atoms with Gasteiger partial charge in [0.2, 0.25) is 0 Å². The van der Waals surface area contributed by atoms with E-state index in [1.165, 1.54) is 95.0 Å². The van der Waals surface area contributed by atoms with Crippen molar-refractivity contribution in [2.75, 3.05) is 19.6 Å². The van der Waals surface area contributed by atoms with E-state index in [-0.39, 0.29) is 39.2 Å². The van der Waals surface area contributed by atoms with Crippen molar-refractivity contribution in [1.82, 2.24) is 0 Å². The number of hydrogen-bond donors (Lipinski definition) is 0. The number of fused-ring (bicyclic) bond motifs is 7. The van der Waals surface area contributed by atoms with Gasteiger partial charge in [-0.3, -0.25) is 0 Å². The highest BCUT2D eigenvalue weighted by molar-refractivity contribution is 7.00. The second-order valence-corrected chi connectivity index (χ2v) is 29.2. The second kappa shape index (κ2) is 18.4. The molecule has 0 spiro atoms. The Hall–Kier alpha value is -7.76. The van der Waals surface area contributed by atoms with Crippen LogP contribution in [0, 0.1) is 13.8 Å². The van der Waals surface area contributed by atoms with Gasteiger partial charge in [0.25, 0.3) is 6.71 Å². The molecule has 14 rings (SSSR count). The first kappa shape index (κ1) is 53.3. The van der Waals surface area contributed by atoms with Crippen LogP contribution in [0.25, 0.3) is 0 Å².